The van der Waals surface area contributed by atoms with Gasteiger partial charge in [0.25, 0.3) is 5.56 Å². The van der Waals surface area contributed by atoms with Crippen LogP contribution in [0.4, 0.5) is 0 Å². The van der Waals surface area contributed by atoms with Crippen LogP contribution in [0.5, 0.6) is 17.2 Å². The lowest BCUT2D eigenvalue weighted by Gasteiger charge is -2.17. The Morgan fingerprint density at radius 3 is 2.49 bits per heavy atom. The van der Waals surface area contributed by atoms with Gasteiger partial charge in [-0.05, 0) is 72.0 Å². The highest BCUT2D eigenvalue weighted by atomic mass is 35.5. The number of aryl methyl sites for hydroxylation is 1. The summed E-state index contributed by atoms with van der Waals surface area (Å²) in [5.74, 6) is 0.891. The maximum Gasteiger partial charge on any atom is 0.335 e. The summed E-state index contributed by atoms with van der Waals surface area (Å²) in [6.45, 7) is 6.13. The highest BCUT2D eigenvalue weighted by molar-refractivity contribution is 6.31. The van der Waals surface area contributed by atoms with Crippen LogP contribution in [0.1, 0.15) is 52.4 Å². The van der Waals surface area contributed by atoms with Crippen molar-refractivity contribution < 1.29 is 24.1 Å². The molecule has 0 radical (unpaired) electrons. The van der Waals surface area contributed by atoms with Gasteiger partial charge in [0.1, 0.15) is 12.4 Å². The summed E-state index contributed by atoms with van der Waals surface area (Å²) in [6.07, 6.45) is 1.47. The van der Waals surface area contributed by atoms with E-state index < -0.39 is 5.97 Å². The number of ether oxygens (including phenoxy) is 3. The lowest BCUT2D eigenvalue weighted by molar-refractivity contribution is 0.0696. The summed E-state index contributed by atoms with van der Waals surface area (Å²) >= 11 is 6.43. The van der Waals surface area contributed by atoms with Crippen molar-refractivity contribution in [3.8, 4) is 28.6 Å². The van der Waals surface area contributed by atoms with Gasteiger partial charge in [0.15, 0.2) is 17.3 Å². The zero-order valence-electron chi connectivity index (χ0n) is 25.5. The molecule has 45 heavy (non-hydrogen) atoms. The smallest absolute Gasteiger partial charge is 0.335 e. The molecule has 5 rings (SSSR count). The third-order valence-corrected chi connectivity index (χ3v) is 7.55. The predicted molar refractivity (Wildman–Crippen MR) is 176 cm³/mol. The van der Waals surface area contributed by atoms with E-state index in [0.717, 1.165) is 22.4 Å². The largest absolute Gasteiger partial charge is 0.496 e. The number of halogens is 1. The number of carbonyl (C=O) groups is 1. The van der Waals surface area contributed by atoms with E-state index in [-0.39, 0.29) is 23.6 Å². The van der Waals surface area contributed by atoms with Crippen molar-refractivity contribution in [2.45, 2.75) is 33.3 Å². The van der Waals surface area contributed by atoms with Gasteiger partial charge in [0.2, 0.25) is 0 Å². The molecule has 1 aromatic heterocycles. The van der Waals surface area contributed by atoms with Gasteiger partial charge in [-0.2, -0.15) is 9.78 Å². The number of carboxylic acids is 1. The zero-order valence-corrected chi connectivity index (χ0v) is 26.3. The van der Waals surface area contributed by atoms with E-state index in [1.54, 1.807) is 49.6 Å². The average molecular weight is 626 g/mol. The second kappa shape index (κ2) is 13.2. The molecule has 0 aliphatic heterocycles. The molecule has 0 aliphatic rings. The Labute approximate surface area is 265 Å². The van der Waals surface area contributed by atoms with Crippen LogP contribution in [-0.2, 0) is 6.61 Å². The average Bonchev–Trinajstić information content (AvgIpc) is 3.03. The molecule has 1 heterocycles. The molecule has 0 amide bonds. The molecule has 5 aromatic rings. The quantitative estimate of drug-likeness (QED) is 0.162. The molecule has 0 atom stereocenters. The van der Waals surface area contributed by atoms with Gasteiger partial charge in [-0.1, -0.05) is 49.7 Å². The van der Waals surface area contributed by atoms with E-state index in [9.17, 15) is 14.7 Å². The zero-order chi connectivity index (χ0) is 32.2. The highest BCUT2D eigenvalue weighted by Crippen LogP contribution is 2.36. The summed E-state index contributed by atoms with van der Waals surface area (Å²) in [7, 11) is 3.12. The first kappa shape index (κ1) is 31.3. The van der Waals surface area contributed by atoms with Gasteiger partial charge in [0, 0.05) is 22.2 Å². The van der Waals surface area contributed by atoms with Crippen molar-refractivity contribution in [1.82, 2.24) is 9.66 Å². The second-order valence-corrected chi connectivity index (χ2v) is 11.1. The molecule has 9 nitrogen and oxygen atoms in total. The fourth-order valence-corrected chi connectivity index (χ4v) is 5.25. The first-order chi connectivity index (χ1) is 21.6. The minimum atomic E-state index is -1.04. The van der Waals surface area contributed by atoms with Gasteiger partial charge >= 0.3 is 5.97 Å². The molecular formula is C35H32ClN3O6. The molecule has 0 fully saturated rings. The van der Waals surface area contributed by atoms with Crippen LogP contribution in [0.3, 0.4) is 0 Å². The van der Waals surface area contributed by atoms with Crippen molar-refractivity contribution in [3.05, 3.63) is 116 Å². The van der Waals surface area contributed by atoms with E-state index in [0.29, 0.717) is 44.4 Å². The first-order valence-corrected chi connectivity index (χ1v) is 14.6. The lowest BCUT2D eigenvalue weighted by atomic mass is 9.96. The maximum absolute atomic E-state index is 13.9. The van der Waals surface area contributed by atoms with Gasteiger partial charge in [-0.15, -0.1) is 0 Å². The standard InChI is InChI=1S/C35H32ClN3O6/c1-20(2)27-17-28(21(3)13-30(27)43-4)33-38-29-12-7-6-11-26(29)34(40)39(33)37-18-24-15-25(36)16-31(44-5)32(24)45-19-22-9-8-10-23(14-22)35(41)42/h6-18,20H,19H2,1-5H3,(H,41,42). The molecule has 10 heteroatoms. The summed E-state index contributed by atoms with van der Waals surface area (Å²) in [6, 6.07) is 20.7. The van der Waals surface area contributed by atoms with Crippen LogP contribution in [0.25, 0.3) is 22.3 Å². The number of hydrogen-bond donors (Lipinski definition) is 1. The Morgan fingerprint density at radius 2 is 1.78 bits per heavy atom. The highest BCUT2D eigenvalue weighted by Gasteiger charge is 2.19. The molecule has 230 valence electrons. The number of aromatic carboxylic acids is 1. The molecule has 0 unspecified atom stereocenters. The fourth-order valence-electron chi connectivity index (χ4n) is 5.03. The molecule has 0 aliphatic carbocycles. The van der Waals surface area contributed by atoms with Crippen LogP contribution < -0.4 is 19.8 Å². The van der Waals surface area contributed by atoms with E-state index in [1.165, 1.54) is 30.1 Å². The number of aromatic nitrogens is 2. The Bertz CT molecular complexity index is 2000. The Morgan fingerprint density at radius 1 is 1.02 bits per heavy atom. The van der Waals surface area contributed by atoms with Crippen LogP contribution >= 0.6 is 11.6 Å². The lowest BCUT2D eigenvalue weighted by Crippen LogP contribution is -2.21. The van der Waals surface area contributed by atoms with E-state index in [1.807, 2.05) is 25.1 Å². The van der Waals surface area contributed by atoms with Crippen LogP contribution in [0.2, 0.25) is 5.02 Å². The Balaban J connectivity index is 1.66. The summed E-state index contributed by atoms with van der Waals surface area (Å²) in [4.78, 5) is 30.3. The summed E-state index contributed by atoms with van der Waals surface area (Å²) in [5.41, 5.74) is 3.98. The summed E-state index contributed by atoms with van der Waals surface area (Å²) in [5, 5.41) is 14.8. The minimum Gasteiger partial charge on any atom is -0.496 e. The fraction of sp³-hybridized carbons (Fsp3) is 0.200. The van der Waals surface area contributed by atoms with E-state index in [4.69, 9.17) is 30.8 Å². The monoisotopic (exact) mass is 625 g/mol. The number of carboxylic acid groups (broad SMARTS) is 1. The van der Waals surface area contributed by atoms with Crippen LogP contribution in [0.15, 0.2) is 82.7 Å². The first-order valence-electron chi connectivity index (χ1n) is 14.2. The Kier molecular flexibility index (Phi) is 9.20. The third-order valence-electron chi connectivity index (χ3n) is 7.33. The molecule has 0 saturated carbocycles. The summed E-state index contributed by atoms with van der Waals surface area (Å²) < 4.78 is 18.6. The van der Waals surface area contributed by atoms with E-state index in [2.05, 4.69) is 18.9 Å². The van der Waals surface area contributed by atoms with Crippen molar-refractivity contribution >= 4 is 34.7 Å². The number of nitrogens with zero attached hydrogens (tertiary/aromatic N) is 3. The van der Waals surface area contributed by atoms with Crippen LogP contribution in [0, 0.1) is 6.92 Å². The molecule has 0 saturated heterocycles. The number of para-hydroxylation sites is 1. The minimum absolute atomic E-state index is 0.0473. The van der Waals surface area contributed by atoms with Gasteiger partial charge < -0.3 is 19.3 Å². The number of fused-ring (bicyclic) bond motifs is 1. The molecule has 1 N–H and O–H groups in total. The molecule has 4 aromatic carbocycles. The molecule has 0 spiro atoms. The van der Waals surface area contributed by atoms with E-state index >= 15 is 0 Å². The third kappa shape index (κ3) is 6.53. The van der Waals surface area contributed by atoms with Crippen molar-refractivity contribution in [2.24, 2.45) is 5.10 Å². The number of rotatable bonds is 10. The number of hydrogen-bond acceptors (Lipinski definition) is 7. The van der Waals surface area contributed by atoms with Crippen molar-refractivity contribution in [1.29, 1.82) is 0 Å². The topological polar surface area (TPSA) is 112 Å². The Hall–Kier alpha value is -5.15. The van der Waals surface area contributed by atoms with Crippen molar-refractivity contribution in [2.75, 3.05) is 14.2 Å². The van der Waals surface area contributed by atoms with Gasteiger partial charge in [-0.25, -0.2) is 9.78 Å². The maximum atomic E-state index is 13.9. The molecule has 0 bridgehead atoms. The second-order valence-electron chi connectivity index (χ2n) is 10.7. The predicted octanol–water partition coefficient (Wildman–Crippen LogP) is 7.33. The number of benzene rings is 4. The van der Waals surface area contributed by atoms with Gasteiger partial charge in [-0.3, -0.25) is 4.79 Å². The van der Waals surface area contributed by atoms with Crippen LogP contribution in [-0.4, -0.2) is 41.2 Å². The normalized spacial score (nSPS) is 11.4. The SMILES string of the molecule is COc1cc(C)c(-c2nc3ccccc3c(=O)n2N=Cc2cc(Cl)cc(OC)c2OCc2cccc(C(=O)O)c2)cc1C(C)C. The molecular weight excluding hydrogens is 594 g/mol. The number of methoxy groups -OCH3 is 2. The van der Waals surface area contributed by atoms with Gasteiger partial charge in [0.05, 0.1) is 36.9 Å². The van der Waals surface area contributed by atoms with Crippen molar-refractivity contribution in [3.63, 3.8) is 0 Å².